The van der Waals surface area contributed by atoms with Crippen molar-refractivity contribution in [3.05, 3.63) is 58.1 Å². The van der Waals surface area contributed by atoms with E-state index < -0.39 is 0 Å². The zero-order chi connectivity index (χ0) is 26.3. The first-order chi connectivity index (χ1) is 17.6. The van der Waals surface area contributed by atoms with E-state index in [0.717, 1.165) is 37.8 Å². The van der Waals surface area contributed by atoms with E-state index in [4.69, 9.17) is 4.74 Å². The van der Waals surface area contributed by atoms with Gasteiger partial charge in [-0.25, -0.2) is 0 Å². The molecule has 4 aliphatic rings. The number of aromatic hydroxyl groups is 1. The topological polar surface area (TPSA) is 56.2 Å². The average Bonchev–Trinajstić information content (AvgIpc) is 3.23. The molecule has 2 bridgehead atoms. The van der Waals surface area contributed by atoms with Gasteiger partial charge in [0.15, 0.2) is 11.5 Å². The average molecular weight is 500 g/mol. The molecule has 6 heteroatoms. The number of likely N-dealkylation sites (N-methyl/N-ethyl adjacent to an activating group) is 3. The Hall–Kier alpha value is -3.01. The summed E-state index contributed by atoms with van der Waals surface area (Å²) in [7, 11) is 8.50. The van der Waals surface area contributed by atoms with Gasteiger partial charge in [0.1, 0.15) is 6.10 Å². The molecule has 0 radical (unpaired) electrons. The van der Waals surface area contributed by atoms with Gasteiger partial charge in [0.05, 0.1) is 11.5 Å². The highest BCUT2D eigenvalue weighted by Crippen LogP contribution is 2.66. The van der Waals surface area contributed by atoms with Crippen LogP contribution in [0.2, 0.25) is 0 Å². The van der Waals surface area contributed by atoms with Crippen LogP contribution in [0.5, 0.6) is 11.5 Å². The van der Waals surface area contributed by atoms with Crippen LogP contribution in [-0.2, 0) is 16.6 Å². The van der Waals surface area contributed by atoms with Crippen LogP contribution < -0.4 is 4.74 Å². The van der Waals surface area contributed by atoms with E-state index in [0.29, 0.717) is 11.8 Å². The lowest BCUT2D eigenvalue weighted by Crippen LogP contribution is -2.81. The van der Waals surface area contributed by atoms with Crippen molar-refractivity contribution in [2.24, 2.45) is 0 Å². The molecule has 2 fully saturated rings. The molecule has 194 valence electrons. The highest BCUT2D eigenvalue weighted by Gasteiger charge is 2.74. The Bertz CT molecular complexity index is 1360. The Morgan fingerprint density at radius 3 is 2.65 bits per heavy atom. The van der Waals surface area contributed by atoms with Gasteiger partial charge in [0.25, 0.3) is 5.91 Å². The Balaban J connectivity index is 1.42. The quantitative estimate of drug-likeness (QED) is 0.643. The molecule has 1 saturated heterocycles. The Morgan fingerprint density at radius 1 is 1.14 bits per heavy atom. The number of ether oxygens (including phenoxy) is 1. The molecular weight excluding hydrogens is 462 g/mol. The second-order valence-electron chi connectivity index (χ2n) is 11.8. The Labute approximate surface area is 220 Å². The molecule has 2 aromatic carbocycles. The summed E-state index contributed by atoms with van der Waals surface area (Å²) in [5.41, 5.74) is 5.25. The molecular formula is C31H37N3O3. The third-order valence-electron chi connectivity index (χ3n) is 10.1. The highest BCUT2D eigenvalue weighted by molar-refractivity contribution is 5.94. The van der Waals surface area contributed by atoms with E-state index in [-0.39, 0.29) is 34.8 Å². The molecule has 5 atom stereocenters. The lowest BCUT2D eigenvalue weighted by Gasteiger charge is -2.68. The maximum atomic E-state index is 13.4. The van der Waals surface area contributed by atoms with Gasteiger partial charge in [-0.2, -0.15) is 0 Å². The number of nitrogens with zero attached hydrogens (tertiary/aromatic N) is 3. The zero-order valence-electron chi connectivity index (χ0n) is 22.8. The van der Waals surface area contributed by atoms with Crippen LogP contribution in [0.1, 0.15) is 47.1 Å². The van der Waals surface area contributed by atoms with E-state index in [2.05, 4.69) is 62.7 Å². The van der Waals surface area contributed by atoms with E-state index in [1.807, 2.05) is 25.2 Å². The maximum Gasteiger partial charge on any atom is 0.298 e. The third kappa shape index (κ3) is 3.11. The number of hydrogen-bond donors (Lipinski definition) is 1. The van der Waals surface area contributed by atoms with Crippen LogP contribution in [-0.4, -0.2) is 84.2 Å². The minimum atomic E-state index is -0.297. The number of carbonyl (C=O) groups is 1. The van der Waals surface area contributed by atoms with Crippen molar-refractivity contribution >= 4 is 5.91 Å². The van der Waals surface area contributed by atoms with Crippen LogP contribution in [0.15, 0.2) is 30.3 Å². The van der Waals surface area contributed by atoms with E-state index in [9.17, 15) is 9.90 Å². The monoisotopic (exact) mass is 499 g/mol. The molecule has 0 unspecified atom stereocenters. The first kappa shape index (κ1) is 24.3. The first-order valence-corrected chi connectivity index (χ1v) is 13.4. The maximum absolute atomic E-state index is 13.4. The number of benzene rings is 2. The molecule has 2 heterocycles. The van der Waals surface area contributed by atoms with E-state index in [1.54, 1.807) is 11.0 Å². The summed E-state index contributed by atoms with van der Waals surface area (Å²) in [6.45, 7) is 5.10. The smallest absolute Gasteiger partial charge is 0.298 e. The second kappa shape index (κ2) is 8.24. The number of amides is 1. The van der Waals surface area contributed by atoms with Crippen molar-refractivity contribution < 1.29 is 14.6 Å². The number of piperidine rings is 1. The molecule has 1 saturated carbocycles. The van der Waals surface area contributed by atoms with Crippen molar-refractivity contribution in [1.29, 1.82) is 0 Å². The summed E-state index contributed by atoms with van der Waals surface area (Å²) >= 11 is 0. The summed E-state index contributed by atoms with van der Waals surface area (Å²) in [4.78, 5) is 20.2. The molecule has 1 N–H and O–H groups in total. The van der Waals surface area contributed by atoms with E-state index >= 15 is 0 Å². The predicted octanol–water partition coefficient (Wildman–Crippen LogP) is 3.24. The SMILES string of the molecule is Cc1ccc(C#CC(=O)N(C)[C@H]2CC[C@@]3(N(C)C)[C@H]4Cc5ccc(O)c6c5[C@@]3(CCN4C)[C@H]2O6)cc1C. The van der Waals surface area contributed by atoms with Gasteiger partial charge in [0, 0.05) is 35.7 Å². The number of likely N-dealkylation sites (tertiary alicyclic amines) is 1. The summed E-state index contributed by atoms with van der Waals surface area (Å²) in [5.74, 6) is 6.62. The van der Waals surface area contributed by atoms with E-state index in [1.165, 1.54) is 22.3 Å². The third-order valence-corrected chi connectivity index (χ3v) is 10.1. The lowest BCUT2D eigenvalue weighted by atomic mass is 9.46. The molecule has 1 spiro atoms. The second-order valence-corrected chi connectivity index (χ2v) is 11.8. The van der Waals surface area contributed by atoms with Gasteiger partial charge in [-0.05, 0) is 102 Å². The van der Waals surface area contributed by atoms with Crippen molar-refractivity contribution in [1.82, 2.24) is 14.7 Å². The molecule has 2 aliphatic carbocycles. The van der Waals surface area contributed by atoms with Crippen LogP contribution in [0.4, 0.5) is 0 Å². The van der Waals surface area contributed by atoms with Crippen molar-refractivity contribution in [2.75, 3.05) is 34.7 Å². The van der Waals surface area contributed by atoms with Crippen molar-refractivity contribution in [3.63, 3.8) is 0 Å². The normalized spacial score (nSPS) is 31.3. The summed E-state index contributed by atoms with van der Waals surface area (Å²) in [5, 5.41) is 10.9. The van der Waals surface area contributed by atoms with Gasteiger partial charge >= 0.3 is 0 Å². The molecule has 2 aliphatic heterocycles. The highest BCUT2D eigenvalue weighted by atomic mass is 16.5. The van der Waals surface area contributed by atoms with Crippen molar-refractivity contribution in [2.45, 2.75) is 68.7 Å². The molecule has 1 amide bonds. The number of rotatable bonds is 2. The number of phenolic OH excluding ortho intramolecular Hbond substituents is 1. The summed E-state index contributed by atoms with van der Waals surface area (Å²) < 4.78 is 6.76. The summed E-state index contributed by atoms with van der Waals surface area (Å²) in [6, 6.07) is 10.1. The Morgan fingerprint density at radius 2 is 1.92 bits per heavy atom. The van der Waals surface area contributed by atoms with Gasteiger partial charge in [-0.15, -0.1) is 0 Å². The standard InChI is InChI=1S/C31H37N3O3/c1-19-7-8-21(17-20(19)2)9-12-26(36)34(6)23-13-14-31(32(3)4)25-18-22-10-11-24(35)28-27(22)30(31,29(23)37-28)15-16-33(25)5/h7-8,10-11,17,23,25,29,35H,13-16,18H2,1-6H3/t23-,25+,29-,30-,31+/m0/s1. The molecule has 0 aromatic heterocycles. The number of carbonyl (C=O) groups excluding carboxylic acids is 1. The molecule has 6 rings (SSSR count). The van der Waals surface area contributed by atoms with Gasteiger partial charge in [-0.1, -0.05) is 18.1 Å². The van der Waals surface area contributed by atoms with Crippen LogP contribution >= 0.6 is 0 Å². The number of phenols is 1. The molecule has 2 aromatic rings. The summed E-state index contributed by atoms with van der Waals surface area (Å²) in [6.07, 6.45) is 3.41. The number of hydrogen-bond acceptors (Lipinski definition) is 5. The minimum absolute atomic E-state index is 0.128. The Kier molecular flexibility index (Phi) is 5.42. The van der Waals surface area contributed by atoms with Crippen LogP contribution in [0, 0.1) is 25.7 Å². The number of aryl methyl sites for hydroxylation is 2. The first-order valence-electron chi connectivity index (χ1n) is 13.4. The van der Waals surface area contributed by atoms with Crippen LogP contribution in [0.25, 0.3) is 0 Å². The molecule has 6 nitrogen and oxygen atoms in total. The minimum Gasteiger partial charge on any atom is -0.504 e. The van der Waals surface area contributed by atoms with Gasteiger partial charge in [-0.3, -0.25) is 4.79 Å². The lowest BCUT2D eigenvalue weighted by molar-refractivity contribution is -0.156. The fraction of sp³-hybridized carbons (Fsp3) is 0.516. The van der Waals surface area contributed by atoms with Gasteiger partial charge < -0.3 is 24.5 Å². The van der Waals surface area contributed by atoms with Crippen molar-refractivity contribution in [3.8, 4) is 23.3 Å². The fourth-order valence-electron chi connectivity index (χ4n) is 8.23. The van der Waals surface area contributed by atoms with Gasteiger partial charge in [0.2, 0.25) is 0 Å². The van der Waals surface area contributed by atoms with Crippen LogP contribution in [0.3, 0.4) is 0 Å². The zero-order valence-corrected chi connectivity index (χ0v) is 22.8. The largest absolute Gasteiger partial charge is 0.504 e. The molecule has 37 heavy (non-hydrogen) atoms. The fourth-order valence-corrected chi connectivity index (χ4v) is 8.23. The predicted molar refractivity (Wildman–Crippen MR) is 144 cm³/mol.